The third-order valence-electron chi connectivity index (χ3n) is 5.29. The first kappa shape index (κ1) is 22.1. The third kappa shape index (κ3) is 5.30. The van der Waals surface area contributed by atoms with E-state index in [1.807, 2.05) is 43.0 Å². The third-order valence-corrected chi connectivity index (χ3v) is 6.21. The zero-order valence-electron chi connectivity index (χ0n) is 18.1. The number of nitrogens with zero attached hydrogens (tertiary/aromatic N) is 4. The quantitative estimate of drug-likeness (QED) is 0.564. The zero-order valence-corrected chi connectivity index (χ0v) is 18.9. The van der Waals surface area contributed by atoms with Gasteiger partial charge in [0, 0.05) is 62.2 Å². The number of aryl methyl sites for hydroxylation is 1. The normalized spacial score (nSPS) is 14.0. The van der Waals surface area contributed by atoms with E-state index in [4.69, 9.17) is 4.98 Å². The summed E-state index contributed by atoms with van der Waals surface area (Å²) in [5, 5.41) is 3.55. The van der Waals surface area contributed by atoms with Crippen LogP contribution in [0.25, 0.3) is 0 Å². The molecule has 1 aromatic heterocycles. The number of thioether (sulfide) groups is 1. The van der Waals surface area contributed by atoms with Crippen LogP contribution in [0.5, 0.6) is 0 Å². The minimum absolute atomic E-state index is 0.0521. The minimum atomic E-state index is -0.0521. The van der Waals surface area contributed by atoms with Crippen LogP contribution in [0.1, 0.15) is 41.0 Å². The Labute approximate surface area is 182 Å². The van der Waals surface area contributed by atoms with Crippen molar-refractivity contribution in [3.05, 3.63) is 46.6 Å². The maximum absolute atomic E-state index is 11.9. The van der Waals surface area contributed by atoms with Crippen molar-refractivity contribution in [2.45, 2.75) is 38.6 Å². The summed E-state index contributed by atoms with van der Waals surface area (Å²) in [4.78, 5) is 37.1. The Bertz CT molecular complexity index is 908. The number of piperazine rings is 1. The van der Waals surface area contributed by atoms with Crippen LogP contribution in [0.2, 0.25) is 0 Å². The molecule has 3 rings (SSSR count). The van der Waals surface area contributed by atoms with E-state index < -0.39 is 0 Å². The second-order valence-electron chi connectivity index (χ2n) is 7.38. The molecule has 0 saturated carbocycles. The predicted molar refractivity (Wildman–Crippen MR) is 120 cm³/mol. The maximum Gasteiger partial charge on any atom is 0.251 e. The van der Waals surface area contributed by atoms with Gasteiger partial charge in [-0.15, -0.1) is 0 Å². The number of hydrogen-bond acceptors (Lipinski definition) is 6. The Morgan fingerprint density at radius 2 is 1.73 bits per heavy atom. The maximum atomic E-state index is 11.9. The predicted octanol–water partition coefficient (Wildman–Crippen LogP) is 2.80. The number of anilines is 1. The molecule has 0 atom stereocenters. The molecule has 2 aromatic rings. The number of carbonyl (C=O) groups is 2. The number of aromatic nitrogens is 2. The van der Waals surface area contributed by atoms with Gasteiger partial charge in [0.2, 0.25) is 5.91 Å². The molecule has 1 aliphatic heterocycles. The van der Waals surface area contributed by atoms with Crippen LogP contribution in [0.4, 0.5) is 5.82 Å². The van der Waals surface area contributed by atoms with E-state index in [1.54, 1.807) is 18.7 Å². The SMILES string of the molecule is CCNC(=O)c1ccc(CSc2nc(C)c(C)c(N3CCN(C(C)=O)CC3)n2)cc1. The van der Waals surface area contributed by atoms with E-state index >= 15 is 0 Å². The number of benzene rings is 1. The lowest BCUT2D eigenvalue weighted by atomic mass is 10.1. The van der Waals surface area contributed by atoms with Crippen LogP contribution in [-0.2, 0) is 10.5 Å². The summed E-state index contributed by atoms with van der Waals surface area (Å²) in [6.45, 7) is 11.2. The highest BCUT2D eigenvalue weighted by Gasteiger charge is 2.22. The summed E-state index contributed by atoms with van der Waals surface area (Å²) in [5.41, 5.74) is 3.84. The topological polar surface area (TPSA) is 78.4 Å². The molecular formula is C22H29N5O2S. The van der Waals surface area contributed by atoms with Gasteiger partial charge in [-0.25, -0.2) is 9.97 Å². The Balaban J connectivity index is 1.67. The largest absolute Gasteiger partial charge is 0.353 e. The second-order valence-corrected chi connectivity index (χ2v) is 8.32. The van der Waals surface area contributed by atoms with E-state index in [-0.39, 0.29) is 11.8 Å². The van der Waals surface area contributed by atoms with Crippen molar-refractivity contribution in [2.75, 3.05) is 37.6 Å². The average molecular weight is 428 g/mol. The highest BCUT2D eigenvalue weighted by Crippen LogP contribution is 2.27. The van der Waals surface area contributed by atoms with Gasteiger partial charge in [0.05, 0.1) is 0 Å². The Morgan fingerprint density at radius 1 is 1.07 bits per heavy atom. The van der Waals surface area contributed by atoms with Gasteiger partial charge in [-0.3, -0.25) is 9.59 Å². The first-order valence-electron chi connectivity index (χ1n) is 10.2. The van der Waals surface area contributed by atoms with Gasteiger partial charge in [-0.2, -0.15) is 0 Å². The summed E-state index contributed by atoms with van der Waals surface area (Å²) < 4.78 is 0. The van der Waals surface area contributed by atoms with E-state index in [0.717, 1.165) is 59.7 Å². The molecule has 160 valence electrons. The van der Waals surface area contributed by atoms with Crippen LogP contribution < -0.4 is 10.2 Å². The van der Waals surface area contributed by atoms with Gasteiger partial charge in [-0.05, 0) is 38.5 Å². The molecule has 1 aliphatic rings. The monoisotopic (exact) mass is 427 g/mol. The molecule has 1 fully saturated rings. The molecule has 1 aromatic carbocycles. The molecule has 7 nitrogen and oxygen atoms in total. The molecule has 0 aliphatic carbocycles. The summed E-state index contributed by atoms with van der Waals surface area (Å²) in [5.74, 6) is 1.76. The van der Waals surface area contributed by atoms with Crippen molar-refractivity contribution >= 4 is 29.4 Å². The number of nitrogens with one attached hydrogen (secondary N) is 1. The van der Waals surface area contributed by atoms with Crippen molar-refractivity contribution in [1.29, 1.82) is 0 Å². The van der Waals surface area contributed by atoms with Crippen LogP contribution in [0.15, 0.2) is 29.4 Å². The highest BCUT2D eigenvalue weighted by atomic mass is 32.2. The lowest BCUT2D eigenvalue weighted by Gasteiger charge is -2.35. The van der Waals surface area contributed by atoms with Gasteiger partial charge in [0.25, 0.3) is 5.91 Å². The van der Waals surface area contributed by atoms with E-state index in [0.29, 0.717) is 12.1 Å². The van der Waals surface area contributed by atoms with Gasteiger partial charge in [0.1, 0.15) is 5.82 Å². The number of amides is 2. The zero-order chi connectivity index (χ0) is 21.7. The molecule has 1 saturated heterocycles. The first-order valence-corrected chi connectivity index (χ1v) is 11.2. The molecule has 1 N–H and O–H groups in total. The van der Waals surface area contributed by atoms with Crippen LogP contribution >= 0.6 is 11.8 Å². The summed E-state index contributed by atoms with van der Waals surface area (Å²) in [6.07, 6.45) is 0. The molecule has 0 bridgehead atoms. The second kappa shape index (κ2) is 9.93. The van der Waals surface area contributed by atoms with Crippen LogP contribution in [0, 0.1) is 13.8 Å². The molecule has 0 spiro atoms. The molecular weight excluding hydrogens is 398 g/mol. The standard InChI is InChI=1S/C22H29N5O2S/c1-5-23-21(29)19-8-6-18(7-9-19)14-30-22-24-16(3)15(2)20(25-22)27-12-10-26(11-13-27)17(4)28/h6-9H,5,10-14H2,1-4H3,(H,23,29). The van der Waals surface area contributed by atoms with Crippen molar-refractivity contribution in [3.63, 3.8) is 0 Å². The lowest BCUT2D eigenvalue weighted by molar-refractivity contribution is -0.129. The number of carbonyl (C=O) groups excluding carboxylic acids is 2. The van der Waals surface area contributed by atoms with Crippen molar-refractivity contribution in [2.24, 2.45) is 0 Å². The highest BCUT2D eigenvalue weighted by molar-refractivity contribution is 7.98. The van der Waals surface area contributed by atoms with Gasteiger partial charge < -0.3 is 15.1 Å². The Morgan fingerprint density at radius 3 is 2.33 bits per heavy atom. The van der Waals surface area contributed by atoms with Crippen molar-refractivity contribution in [1.82, 2.24) is 20.2 Å². The number of hydrogen-bond donors (Lipinski definition) is 1. The molecule has 2 heterocycles. The molecule has 8 heteroatoms. The average Bonchev–Trinajstić information content (AvgIpc) is 2.75. The first-order chi connectivity index (χ1) is 14.4. The molecule has 0 unspecified atom stereocenters. The lowest BCUT2D eigenvalue weighted by Crippen LogP contribution is -2.48. The smallest absolute Gasteiger partial charge is 0.251 e. The minimum Gasteiger partial charge on any atom is -0.353 e. The van der Waals surface area contributed by atoms with Crippen LogP contribution in [-0.4, -0.2) is 59.4 Å². The fourth-order valence-corrected chi connectivity index (χ4v) is 4.20. The fraction of sp³-hybridized carbons (Fsp3) is 0.455. The summed E-state index contributed by atoms with van der Waals surface area (Å²) >= 11 is 1.59. The molecule has 0 radical (unpaired) electrons. The van der Waals surface area contributed by atoms with Crippen molar-refractivity contribution in [3.8, 4) is 0 Å². The molecule has 30 heavy (non-hydrogen) atoms. The van der Waals surface area contributed by atoms with E-state index in [1.165, 1.54) is 0 Å². The van der Waals surface area contributed by atoms with Crippen LogP contribution in [0.3, 0.4) is 0 Å². The fourth-order valence-electron chi connectivity index (χ4n) is 3.36. The Hall–Kier alpha value is -2.61. The van der Waals surface area contributed by atoms with Gasteiger partial charge >= 0.3 is 0 Å². The van der Waals surface area contributed by atoms with E-state index in [2.05, 4.69) is 22.1 Å². The Kier molecular flexibility index (Phi) is 7.31. The summed E-state index contributed by atoms with van der Waals surface area (Å²) in [6, 6.07) is 7.64. The van der Waals surface area contributed by atoms with Gasteiger partial charge in [-0.1, -0.05) is 23.9 Å². The number of rotatable bonds is 6. The van der Waals surface area contributed by atoms with E-state index in [9.17, 15) is 9.59 Å². The van der Waals surface area contributed by atoms with Crippen molar-refractivity contribution < 1.29 is 9.59 Å². The molecule has 2 amide bonds. The van der Waals surface area contributed by atoms with Gasteiger partial charge in [0.15, 0.2) is 5.16 Å². The summed E-state index contributed by atoms with van der Waals surface area (Å²) in [7, 11) is 0.